The molecule has 0 spiro atoms. The van der Waals surface area contributed by atoms with Crippen molar-refractivity contribution in [3.05, 3.63) is 0 Å². The number of likely N-dealkylation sites (tertiary alicyclic amines) is 1. The summed E-state index contributed by atoms with van der Waals surface area (Å²) in [4.78, 5) is 15.8. The molecule has 0 aromatic heterocycles. The highest BCUT2D eigenvalue weighted by molar-refractivity contribution is 5.75. The molecule has 0 radical (unpaired) electrons. The summed E-state index contributed by atoms with van der Waals surface area (Å²) in [5.74, 6) is 5.76. The van der Waals surface area contributed by atoms with Crippen LogP contribution in [0.25, 0.3) is 0 Å². The maximum Gasteiger partial charge on any atom is 0.233 e. The molecule has 3 N–H and O–H groups in total. The fraction of sp³-hybridized carbons (Fsp3) is 0.917. The first kappa shape index (κ1) is 14.4. The second-order valence-corrected chi connectivity index (χ2v) is 5.31. The SMILES string of the molecule is CC(CCC(=O)NN)N(C)CC1CCN(C)C1. The third-order valence-corrected chi connectivity index (χ3v) is 3.74. The zero-order valence-electron chi connectivity index (χ0n) is 11.3. The molecule has 1 amide bonds. The second kappa shape index (κ2) is 6.93. The van der Waals surface area contributed by atoms with Gasteiger partial charge in [0.25, 0.3) is 0 Å². The lowest BCUT2D eigenvalue weighted by Gasteiger charge is -2.27. The molecule has 5 nitrogen and oxygen atoms in total. The summed E-state index contributed by atoms with van der Waals surface area (Å²) in [6.45, 7) is 5.70. The summed E-state index contributed by atoms with van der Waals surface area (Å²) < 4.78 is 0. The number of nitrogens with two attached hydrogens (primary N) is 1. The summed E-state index contributed by atoms with van der Waals surface area (Å²) in [6, 6.07) is 0.429. The molecule has 17 heavy (non-hydrogen) atoms. The Balaban J connectivity index is 2.22. The minimum Gasteiger partial charge on any atom is -0.306 e. The van der Waals surface area contributed by atoms with Gasteiger partial charge in [0.05, 0.1) is 0 Å². The van der Waals surface area contributed by atoms with Gasteiger partial charge in [-0.2, -0.15) is 0 Å². The number of carbonyl (C=O) groups is 1. The highest BCUT2D eigenvalue weighted by Crippen LogP contribution is 2.17. The van der Waals surface area contributed by atoms with E-state index in [-0.39, 0.29) is 5.91 Å². The van der Waals surface area contributed by atoms with Crippen LogP contribution in [0.5, 0.6) is 0 Å². The largest absolute Gasteiger partial charge is 0.306 e. The molecule has 0 aliphatic carbocycles. The monoisotopic (exact) mass is 242 g/mol. The molecular weight excluding hydrogens is 216 g/mol. The van der Waals surface area contributed by atoms with Crippen molar-refractivity contribution in [1.82, 2.24) is 15.2 Å². The van der Waals surface area contributed by atoms with Gasteiger partial charge in [-0.15, -0.1) is 0 Å². The molecule has 5 heteroatoms. The van der Waals surface area contributed by atoms with Crippen LogP contribution < -0.4 is 11.3 Å². The average Bonchev–Trinajstić information content (AvgIpc) is 2.70. The second-order valence-electron chi connectivity index (χ2n) is 5.31. The van der Waals surface area contributed by atoms with E-state index >= 15 is 0 Å². The van der Waals surface area contributed by atoms with Gasteiger partial charge in [-0.1, -0.05) is 0 Å². The predicted octanol–water partition coefficient (Wildman–Crippen LogP) is 0.0285. The van der Waals surface area contributed by atoms with Crippen LogP contribution in [0.3, 0.4) is 0 Å². The first-order chi connectivity index (χ1) is 8.02. The van der Waals surface area contributed by atoms with Crippen molar-refractivity contribution in [2.75, 3.05) is 33.7 Å². The van der Waals surface area contributed by atoms with Gasteiger partial charge in [0, 0.05) is 25.6 Å². The molecule has 0 aromatic rings. The van der Waals surface area contributed by atoms with Gasteiger partial charge in [-0.05, 0) is 46.3 Å². The van der Waals surface area contributed by atoms with Crippen molar-refractivity contribution in [1.29, 1.82) is 0 Å². The van der Waals surface area contributed by atoms with Crippen LogP contribution in [0, 0.1) is 5.92 Å². The standard InChI is InChI=1S/C12H26N4O/c1-10(4-5-12(17)14-13)16(3)9-11-6-7-15(2)8-11/h10-11H,4-9,13H2,1-3H3,(H,14,17). The molecular formula is C12H26N4O. The van der Waals surface area contributed by atoms with E-state index in [9.17, 15) is 4.79 Å². The van der Waals surface area contributed by atoms with Gasteiger partial charge in [-0.3, -0.25) is 10.2 Å². The van der Waals surface area contributed by atoms with Crippen molar-refractivity contribution in [2.45, 2.75) is 32.2 Å². The molecule has 100 valence electrons. The van der Waals surface area contributed by atoms with E-state index < -0.39 is 0 Å². The highest BCUT2D eigenvalue weighted by Gasteiger charge is 2.22. The molecule has 1 rings (SSSR count). The lowest BCUT2D eigenvalue weighted by atomic mass is 10.1. The Morgan fingerprint density at radius 1 is 1.65 bits per heavy atom. The normalized spacial score (nSPS) is 23.0. The van der Waals surface area contributed by atoms with Gasteiger partial charge in [0.15, 0.2) is 0 Å². The summed E-state index contributed by atoms with van der Waals surface area (Å²) in [6.07, 6.45) is 2.66. The number of nitrogens with zero attached hydrogens (tertiary/aromatic N) is 2. The Kier molecular flexibility index (Phi) is 5.88. The van der Waals surface area contributed by atoms with Gasteiger partial charge >= 0.3 is 0 Å². The predicted molar refractivity (Wildman–Crippen MR) is 69.3 cm³/mol. The van der Waals surface area contributed by atoms with Crippen LogP contribution in [0.2, 0.25) is 0 Å². The molecule has 1 fully saturated rings. The molecule has 2 atom stereocenters. The Bertz CT molecular complexity index is 247. The van der Waals surface area contributed by atoms with E-state index in [4.69, 9.17) is 5.84 Å². The van der Waals surface area contributed by atoms with E-state index in [1.165, 1.54) is 19.5 Å². The molecule has 1 aliphatic heterocycles. The molecule has 0 saturated carbocycles. The van der Waals surface area contributed by atoms with Gasteiger partial charge in [0.1, 0.15) is 0 Å². The van der Waals surface area contributed by atoms with E-state index in [0.29, 0.717) is 12.5 Å². The molecule has 1 aliphatic rings. The minimum atomic E-state index is -0.0779. The van der Waals surface area contributed by atoms with Crippen LogP contribution in [-0.2, 0) is 4.79 Å². The van der Waals surface area contributed by atoms with Gasteiger partial charge in [-0.25, -0.2) is 5.84 Å². The fourth-order valence-electron chi connectivity index (χ4n) is 2.40. The number of hydrogen-bond donors (Lipinski definition) is 2. The van der Waals surface area contributed by atoms with Crippen molar-refractivity contribution < 1.29 is 4.79 Å². The Morgan fingerprint density at radius 2 is 2.35 bits per heavy atom. The van der Waals surface area contributed by atoms with Crippen LogP contribution in [0.4, 0.5) is 0 Å². The smallest absolute Gasteiger partial charge is 0.233 e. The molecule has 0 bridgehead atoms. The topological polar surface area (TPSA) is 61.6 Å². The summed E-state index contributed by atoms with van der Waals surface area (Å²) in [5.41, 5.74) is 2.17. The van der Waals surface area contributed by atoms with E-state index in [1.54, 1.807) is 0 Å². The highest BCUT2D eigenvalue weighted by atomic mass is 16.2. The van der Waals surface area contributed by atoms with Crippen LogP contribution >= 0.6 is 0 Å². The summed E-state index contributed by atoms with van der Waals surface area (Å²) in [5, 5.41) is 0. The van der Waals surface area contributed by atoms with Gasteiger partial charge < -0.3 is 9.80 Å². The summed E-state index contributed by atoms with van der Waals surface area (Å²) in [7, 11) is 4.32. The lowest BCUT2D eigenvalue weighted by Crippen LogP contribution is -2.36. The maximum atomic E-state index is 11.1. The van der Waals surface area contributed by atoms with Crippen molar-refractivity contribution in [3.8, 4) is 0 Å². The van der Waals surface area contributed by atoms with Crippen molar-refractivity contribution >= 4 is 5.91 Å². The average molecular weight is 242 g/mol. The zero-order valence-corrected chi connectivity index (χ0v) is 11.3. The van der Waals surface area contributed by atoms with Crippen molar-refractivity contribution in [2.24, 2.45) is 11.8 Å². The Morgan fingerprint density at radius 3 is 2.88 bits per heavy atom. The first-order valence-electron chi connectivity index (χ1n) is 6.41. The van der Waals surface area contributed by atoms with Gasteiger partial charge in [0.2, 0.25) is 5.91 Å². The number of rotatable bonds is 6. The number of amides is 1. The third-order valence-electron chi connectivity index (χ3n) is 3.74. The van der Waals surface area contributed by atoms with E-state index in [2.05, 4.69) is 36.2 Å². The maximum absolute atomic E-state index is 11.1. The lowest BCUT2D eigenvalue weighted by molar-refractivity contribution is -0.121. The minimum absolute atomic E-state index is 0.0779. The Labute approximate surface area is 104 Å². The number of nitrogens with one attached hydrogen (secondary N) is 1. The van der Waals surface area contributed by atoms with Crippen LogP contribution in [0.15, 0.2) is 0 Å². The number of hydrogen-bond acceptors (Lipinski definition) is 4. The van der Waals surface area contributed by atoms with E-state index in [0.717, 1.165) is 18.9 Å². The van der Waals surface area contributed by atoms with E-state index in [1.807, 2.05) is 0 Å². The fourth-order valence-corrected chi connectivity index (χ4v) is 2.40. The van der Waals surface area contributed by atoms with Crippen molar-refractivity contribution in [3.63, 3.8) is 0 Å². The molecule has 1 heterocycles. The molecule has 0 aromatic carbocycles. The van der Waals surface area contributed by atoms with Crippen LogP contribution in [-0.4, -0.2) is 55.5 Å². The molecule has 1 saturated heterocycles. The zero-order chi connectivity index (χ0) is 12.8. The quantitative estimate of drug-likeness (QED) is 0.392. The number of hydrazine groups is 1. The summed E-state index contributed by atoms with van der Waals surface area (Å²) >= 11 is 0. The molecule has 2 unspecified atom stereocenters. The van der Waals surface area contributed by atoms with Crippen LogP contribution in [0.1, 0.15) is 26.2 Å². The first-order valence-corrected chi connectivity index (χ1v) is 6.41. The number of carbonyl (C=O) groups excluding carboxylic acids is 1. The third kappa shape index (κ3) is 5.02. The Hall–Kier alpha value is -0.650.